The van der Waals surface area contributed by atoms with Gasteiger partial charge in [-0.25, -0.2) is 0 Å². The van der Waals surface area contributed by atoms with E-state index in [2.05, 4.69) is 4.90 Å². The lowest BCUT2D eigenvalue weighted by Gasteiger charge is -2.25. The molecule has 0 aromatic carbocycles. The molecule has 24 heavy (non-hydrogen) atoms. The van der Waals surface area contributed by atoms with Crippen molar-refractivity contribution in [3.8, 4) is 0 Å². The van der Waals surface area contributed by atoms with Crippen LogP contribution in [0.1, 0.15) is 52.4 Å². The van der Waals surface area contributed by atoms with Gasteiger partial charge in [-0.3, -0.25) is 14.5 Å². The molecule has 2 N–H and O–H groups in total. The Kier molecular flexibility index (Phi) is 10.7. The molecule has 1 saturated heterocycles. The van der Waals surface area contributed by atoms with Gasteiger partial charge in [0.05, 0.1) is 6.54 Å². The van der Waals surface area contributed by atoms with E-state index in [-0.39, 0.29) is 11.8 Å². The van der Waals surface area contributed by atoms with Crippen molar-refractivity contribution < 1.29 is 9.59 Å². The fraction of sp³-hybridized carbons (Fsp3) is 0.889. The quantitative estimate of drug-likeness (QED) is 0.609. The molecule has 0 unspecified atom stereocenters. The van der Waals surface area contributed by atoms with Crippen LogP contribution in [0, 0.1) is 0 Å². The summed E-state index contributed by atoms with van der Waals surface area (Å²) >= 11 is 0. The van der Waals surface area contributed by atoms with Gasteiger partial charge >= 0.3 is 0 Å². The fourth-order valence-corrected chi connectivity index (χ4v) is 3.18. The minimum atomic E-state index is 0.194. The standard InChI is InChI=1S/C18H36N4O2/c1-3-21(4-2)18(24)16-20-12-9-13-22(15-14-20)17(23)10-7-5-6-8-11-19/h3-16,19H2,1-2H3. The number of carbonyl (C=O) groups excluding carboxylic acids is 2. The maximum atomic E-state index is 12.3. The molecule has 0 aromatic heterocycles. The Morgan fingerprint density at radius 2 is 1.67 bits per heavy atom. The number of hydrogen-bond acceptors (Lipinski definition) is 4. The summed E-state index contributed by atoms with van der Waals surface area (Å²) in [5, 5.41) is 0. The normalized spacial score (nSPS) is 16.0. The Morgan fingerprint density at radius 3 is 2.33 bits per heavy atom. The van der Waals surface area contributed by atoms with Crippen molar-refractivity contribution in [3.63, 3.8) is 0 Å². The maximum absolute atomic E-state index is 12.3. The maximum Gasteiger partial charge on any atom is 0.236 e. The van der Waals surface area contributed by atoms with Gasteiger partial charge in [-0.2, -0.15) is 0 Å². The Labute approximate surface area is 147 Å². The highest BCUT2D eigenvalue weighted by molar-refractivity contribution is 5.78. The van der Waals surface area contributed by atoms with Crippen molar-refractivity contribution in [3.05, 3.63) is 0 Å². The number of amides is 2. The zero-order chi connectivity index (χ0) is 17.8. The monoisotopic (exact) mass is 340 g/mol. The third-order valence-corrected chi connectivity index (χ3v) is 4.76. The van der Waals surface area contributed by atoms with Crippen LogP contribution >= 0.6 is 0 Å². The van der Waals surface area contributed by atoms with E-state index in [0.717, 1.165) is 77.9 Å². The van der Waals surface area contributed by atoms with Gasteiger partial charge in [0.15, 0.2) is 0 Å². The number of rotatable bonds is 10. The van der Waals surface area contributed by atoms with Crippen molar-refractivity contribution >= 4 is 11.8 Å². The highest BCUT2D eigenvalue weighted by Crippen LogP contribution is 2.09. The van der Waals surface area contributed by atoms with Crippen molar-refractivity contribution in [2.24, 2.45) is 5.73 Å². The van der Waals surface area contributed by atoms with Gasteiger partial charge < -0.3 is 15.5 Å². The predicted molar refractivity (Wildman–Crippen MR) is 97.7 cm³/mol. The van der Waals surface area contributed by atoms with E-state index in [9.17, 15) is 9.59 Å². The second-order valence-electron chi connectivity index (χ2n) is 6.53. The summed E-state index contributed by atoms with van der Waals surface area (Å²) in [7, 11) is 0. The molecule has 1 fully saturated rings. The molecule has 2 amide bonds. The molecule has 0 bridgehead atoms. The molecule has 0 spiro atoms. The topological polar surface area (TPSA) is 69.9 Å². The summed E-state index contributed by atoms with van der Waals surface area (Å²) in [5.41, 5.74) is 5.48. The average molecular weight is 341 g/mol. The fourth-order valence-electron chi connectivity index (χ4n) is 3.18. The zero-order valence-electron chi connectivity index (χ0n) is 15.6. The van der Waals surface area contributed by atoms with E-state index < -0.39 is 0 Å². The highest BCUT2D eigenvalue weighted by Gasteiger charge is 2.21. The molecule has 6 heteroatoms. The number of nitrogens with zero attached hydrogens (tertiary/aromatic N) is 3. The zero-order valence-corrected chi connectivity index (χ0v) is 15.6. The molecule has 0 radical (unpaired) electrons. The van der Waals surface area contributed by atoms with Crippen LogP contribution < -0.4 is 5.73 Å². The summed E-state index contributed by atoms with van der Waals surface area (Å²) in [4.78, 5) is 30.6. The van der Waals surface area contributed by atoms with E-state index in [1.54, 1.807) is 0 Å². The second kappa shape index (κ2) is 12.3. The number of nitrogens with two attached hydrogens (primary N) is 1. The first kappa shape index (κ1) is 20.9. The molecule has 0 aromatic rings. The van der Waals surface area contributed by atoms with Crippen LogP contribution in [0.25, 0.3) is 0 Å². The van der Waals surface area contributed by atoms with Crippen LogP contribution in [0.3, 0.4) is 0 Å². The van der Waals surface area contributed by atoms with Gasteiger partial charge in [-0.05, 0) is 39.7 Å². The molecular weight excluding hydrogens is 304 g/mol. The molecule has 0 saturated carbocycles. The van der Waals surface area contributed by atoms with Crippen LogP contribution in [0.2, 0.25) is 0 Å². The molecular formula is C18H36N4O2. The highest BCUT2D eigenvalue weighted by atomic mass is 16.2. The van der Waals surface area contributed by atoms with Crippen molar-refractivity contribution in [1.82, 2.24) is 14.7 Å². The minimum Gasteiger partial charge on any atom is -0.342 e. The third kappa shape index (κ3) is 7.62. The van der Waals surface area contributed by atoms with Crippen LogP contribution in [0.15, 0.2) is 0 Å². The first-order valence-electron chi connectivity index (χ1n) is 9.60. The van der Waals surface area contributed by atoms with Crippen LogP contribution in [0.4, 0.5) is 0 Å². The van der Waals surface area contributed by atoms with E-state index in [4.69, 9.17) is 5.73 Å². The lowest BCUT2D eigenvalue weighted by atomic mass is 10.1. The summed E-state index contributed by atoms with van der Waals surface area (Å²) < 4.78 is 0. The lowest BCUT2D eigenvalue weighted by molar-refractivity contribution is -0.132. The van der Waals surface area contributed by atoms with Crippen molar-refractivity contribution in [2.45, 2.75) is 52.4 Å². The molecule has 0 aliphatic carbocycles. The van der Waals surface area contributed by atoms with Crippen molar-refractivity contribution in [2.75, 3.05) is 52.4 Å². The Bertz CT molecular complexity index is 372. The molecule has 0 atom stereocenters. The van der Waals surface area contributed by atoms with E-state index in [0.29, 0.717) is 13.0 Å². The smallest absolute Gasteiger partial charge is 0.236 e. The Hall–Kier alpha value is -1.14. The molecule has 6 nitrogen and oxygen atoms in total. The summed E-state index contributed by atoms with van der Waals surface area (Å²) in [6.45, 7) is 10.0. The molecule has 1 rings (SSSR count). The Balaban J connectivity index is 2.31. The third-order valence-electron chi connectivity index (χ3n) is 4.76. The first-order valence-corrected chi connectivity index (χ1v) is 9.60. The van der Waals surface area contributed by atoms with Gasteiger partial charge in [-0.1, -0.05) is 12.8 Å². The molecule has 1 aliphatic heterocycles. The van der Waals surface area contributed by atoms with Crippen molar-refractivity contribution in [1.29, 1.82) is 0 Å². The van der Waals surface area contributed by atoms with Crippen LogP contribution in [-0.2, 0) is 9.59 Å². The molecule has 1 aliphatic rings. The minimum absolute atomic E-state index is 0.194. The predicted octanol–water partition coefficient (Wildman–Crippen LogP) is 1.30. The summed E-state index contributed by atoms with van der Waals surface area (Å²) in [6, 6.07) is 0. The number of likely N-dealkylation sites (N-methyl/N-ethyl adjacent to an activating group) is 1. The van der Waals surface area contributed by atoms with Gasteiger partial charge in [0.1, 0.15) is 0 Å². The van der Waals surface area contributed by atoms with E-state index in [1.165, 1.54) is 0 Å². The van der Waals surface area contributed by atoms with Gasteiger partial charge in [-0.15, -0.1) is 0 Å². The van der Waals surface area contributed by atoms with Crippen LogP contribution in [-0.4, -0.2) is 78.9 Å². The lowest BCUT2D eigenvalue weighted by Crippen LogP contribution is -2.42. The molecule has 140 valence electrons. The Morgan fingerprint density at radius 1 is 0.958 bits per heavy atom. The van der Waals surface area contributed by atoms with Gasteiger partial charge in [0, 0.05) is 45.7 Å². The van der Waals surface area contributed by atoms with E-state index in [1.807, 2.05) is 23.6 Å². The average Bonchev–Trinajstić information content (AvgIpc) is 2.81. The van der Waals surface area contributed by atoms with Gasteiger partial charge in [0.25, 0.3) is 0 Å². The molecule has 1 heterocycles. The number of carbonyl (C=O) groups is 2. The number of unbranched alkanes of at least 4 members (excludes halogenated alkanes) is 3. The van der Waals surface area contributed by atoms with Gasteiger partial charge in [0.2, 0.25) is 11.8 Å². The van der Waals surface area contributed by atoms with E-state index >= 15 is 0 Å². The SMILES string of the molecule is CCN(CC)C(=O)CN1CCCN(C(=O)CCCCCCN)CC1. The number of hydrogen-bond donors (Lipinski definition) is 1. The second-order valence-corrected chi connectivity index (χ2v) is 6.53. The van der Waals surface area contributed by atoms with Crippen LogP contribution in [0.5, 0.6) is 0 Å². The summed E-state index contributed by atoms with van der Waals surface area (Å²) in [6.07, 6.45) is 5.80. The largest absolute Gasteiger partial charge is 0.342 e. The first-order chi connectivity index (χ1) is 11.6. The summed E-state index contributed by atoms with van der Waals surface area (Å²) in [5.74, 6) is 0.458.